The van der Waals surface area contributed by atoms with Gasteiger partial charge < -0.3 is 0 Å². The zero-order valence-electron chi connectivity index (χ0n) is 24.7. The Morgan fingerprint density at radius 3 is 1.15 bits per heavy atom. The van der Waals surface area contributed by atoms with Crippen molar-refractivity contribution in [2.75, 3.05) is 0 Å². The molecule has 2 aromatic carbocycles. The molecule has 2 heteroatoms. The molecule has 0 aliphatic rings. The second-order valence-corrected chi connectivity index (χ2v) is 17.8. The lowest BCUT2D eigenvalue weighted by Gasteiger charge is -2.31. The van der Waals surface area contributed by atoms with E-state index in [1.54, 1.807) is 0 Å². The highest BCUT2D eigenvalue weighted by molar-refractivity contribution is 8.12. The molecule has 0 fully saturated rings. The van der Waals surface area contributed by atoms with Crippen LogP contribution in [0.2, 0.25) is 0 Å². The molecule has 1 atom stereocenters. The summed E-state index contributed by atoms with van der Waals surface area (Å²) in [4.78, 5) is 0. The Kier molecular flexibility index (Phi) is 7.83. The predicted molar refractivity (Wildman–Crippen MR) is 160 cm³/mol. The van der Waals surface area contributed by atoms with Crippen molar-refractivity contribution in [3.05, 3.63) is 58.1 Å². The van der Waals surface area contributed by atoms with Gasteiger partial charge in [-0.3, -0.25) is 0 Å². The highest BCUT2D eigenvalue weighted by Crippen LogP contribution is 2.41. The molecule has 0 amide bonds. The smallest absolute Gasteiger partial charge is 0.0561 e. The van der Waals surface area contributed by atoms with Gasteiger partial charge in [-0.15, -0.1) is 0 Å². The van der Waals surface area contributed by atoms with Crippen LogP contribution in [0.3, 0.4) is 0 Å². The highest BCUT2D eigenvalue weighted by atomic mass is 32.4. The fraction of sp³-hybridized carbons (Fsp3) is 0.625. The van der Waals surface area contributed by atoms with Crippen LogP contribution in [-0.2, 0) is 38.9 Å². The molecule has 34 heavy (non-hydrogen) atoms. The molecule has 0 N–H and O–H groups in total. The molecule has 0 saturated heterocycles. The van der Waals surface area contributed by atoms with E-state index in [4.69, 9.17) is 11.8 Å². The van der Waals surface area contributed by atoms with E-state index in [0.29, 0.717) is 0 Å². The van der Waals surface area contributed by atoms with Crippen LogP contribution >= 0.6 is 6.70 Å². The Labute approximate surface area is 217 Å². The summed E-state index contributed by atoms with van der Waals surface area (Å²) >= 11 is 6.58. The van der Waals surface area contributed by atoms with Crippen molar-refractivity contribution in [3.63, 3.8) is 0 Å². The van der Waals surface area contributed by atoms with Gasteiger partial charge in [0.15, 0.2) is 22.4 Å². The van der Waals surface area contributed by atoms with Crippen LogP contribution in [0.1, 0.15) is 132 Å². The standard InChI is InChI=1S/C32H50PS/c1-28(2,3)21-16-17-26(23(18-21)30(7,8)9)33(34)27-24(31(10,11)12)19-22(29(4,5)6)20-25(27)32(13,14)15/h16-20H,1-15H3/q+1. The third-order valence-corrected chi connectivity index (χ3v) is 9.54. The lowest BCUT2D eigenvalue weighted by Crippen LogP contribution is -2.33. The molecule has 0 aliphatic heterocycles. The first-order valence-electron chi connectivity index (χ1n) is 12.8. The monoisotopic (exact) mass is 497 g/mol. The van der Waals surface area contributed by atoms with E-state index < -0.39 is 6.70 Å². The summed E-state index contributed by atoms with van der Waals surface area (Å²) < 4.78 is 0. The van der Waals surface area contributed by atoms with Crippen LogP contribution in [0.4, 0.5) is 0 Å². The van der Waals surface area contributed by atoms with E-state index in [2.05, 4.69) is 134 Å². The summed E-state index contributed by atoms with van der Waals surface area (Å²) in [6.45, 7) is 34.0. The van der Waals surface area contributed by atoms with Gasteiger partial charge in [-0.1, -0.05) is 128 Å². The van der Waals surface area contributed by atoms with Crippen LogP contribution in [0.15, 0.2) is 30.3 Å². The van der Waals surface area contributed by atoms with Crippen molar-refractivity contribution in [2.45, 2.75) is 131 Å². The number of rotatable bonds is 2. The topological polar surface area (TPSA) is 0 Å². The van der Waals surface area contributed by atoms with Crippen molar-refractivity contribution in [2.24, 2.45) is 0 Å². The van der Waals surface area contributed by atoms with Crippen molar-refractivity contribution >= 4 is 29.1 Å². The van der Waals surface area contributed by atoms with E-state index in [1.807, 2.05) is 0 Å². The fourth-order valence-corrected chi connectivity index (χ4v) is 7.71. The van der Waals surface area contributed by atoms with Crippen molar-refractivity contribution < 1.29 is 0 Å². The molecule has 0 aromatic heterocycles. The zero-order valence-corrected chi connectivity index (χ0v) is 26.5. The minimum atomic E-state index is -0.939. The third kappa shape index (κ3) is 6.39. The average molecular weight is 498 g/mol. The van der Waals surface area contributed by atoms with Gasteiger partial charge in [0, 0.05) is 16.7 Å². The van der Waals surface area contributed by atoms with Crippen LogP contribution in [-0.4, -0.2) is 0 Å². The summed E-state index contributed by atoms with van der Waals surface area (Å²) in [7, 11) is 0. The number of hydrogen-bond donors (Lipinski definition) is 0. The molecule has 1 unspecified atom stereocenters. The van der Waals surface area contributed by atoms with Crippen molar-refractivity contribution in [1.29, 1.82) is 0 Å². The van der Waals surface area contributed by atoms with Gasteiger partial charge in [0.1, 0.15) is 0 Å². The van der Waals surface area contributed by atoms with Gasteiger partial charge in [-0.2, -0.15) is 0 Å². The maximum absolute atomic E-state index is 6.58. The Morgan fingerprint density at radius 1 is 0.471 bits per heavy atom. The summed E-state index contributed by atoms with van der Waals surface area (Å²) in [5.74, 6) is 0. The van der Waals surface area contributed by atoms with Gasteiger partial charge in [-0.25, -0.2) is 0 Å². The maximum atomic E-state index is 6.58. The maximum Gasteiger partial charge on any atom is 0.251 e. The number of benzene rings is 2. The van der Waals surface area contributed by atoms with Gasteiger partial charge in [0.2, 0.25) is 0 Å². The Hall–Kier alpha value is -1.04. The van der Waals surface area contributed by atoms with Crippen LogP contribution < -0.4 is 10.6 Å². The lowest BCUT2D eigenvalue weighted by atomic mass is 9.75. The molecule has 0 heterocycles. The summed E-state index contributed by atoms with van der Waals surface area (Å²) in [5.41, 5.74) is 7.31. The fourth-order valence-electron chi connectivity index (χ4n) is 4.33. The normalized spacial score (nSPS) is 14.4. The lowest BCUT2D eigenvalue weighted by molar-refractivity contribution is 0.554. The molecular formula is C32H50PS+. The summed E-state index contributed by atoms with van der Waals surface area (Å²) in [6.07, 6.45) is 0. The van der Waals surface area contributed by atoms with Gasteiger partial charge in [0.05, 0.1) is 0 Å². The van der Waals surface area contributed by atoms with Gasteiger partial charge >= 0.3 is 0 Å². The predicted octanol–water partition coefficient (Wildman–Crippen LogP) is 9.07. The van der Waals surface area contributed by atoms with Crippen LogP contribution in [0, 0.1) is 0 Å². The third-order valence-electron chi connectivity index (χ3n) is 6.68. The number of hydrogen-bond acceptors (Lipinski definition) is 1. The first-order chi connectivity index (χ1) is 15.0. The first kappa shape index (κ1) is 29.2. The Morgan fingerprint density at radius 2 is 0.824 bits per heavy atom. The Bertz CT molecular complexity index is 1030. The summed E-state index contributed by atoms with van der Waals surface area (Å²) in [5, 5.41) is 2.76. The van der Waals surface area contributed by atoms with Gasteiger partial charge in [-0.05, 0) is 44.3 Å². The molecule has 0 bridgehead atoms. The van der Waals surface area contributed by atoms with Crippen molar-refractivity contribution in [1.82, 2.24) is 0 Å². The van der Waals surface area contributed by atoms with Crippen molar-refractivity contribution in [3.8, 4) is 0 Å². The zero-order chi connectivity index (χ0) is 26.7. The molecule has 2 rings (SSSR count). The second-order valence-electron chi connectivity index (χ2n) is 15.2. The average Bonchev–Trinajstić information content (AvgIpc) is 2.62. The van der Waals surface area contributed by atoms with Crippen LogP contribution in [0.25, 0.3) is 0 Å². The quantitative estimate of drug-likeness (QED) is 0.373. The minimum absolute atomic E-state index is 0.0171. The molecule has 2 aromatic rings. The van der Waals surface area contributed by atoms with Crippen LogP contribution in [0.5, 0.6) is 0 Å². The molecule has 0 saturated carbocycles. The SMILES string of the molecule is CC(C)(C)c1ccc([P+](=S)c2c(C(C)(C)C)cc(C(C)(C)C)cc2C(C)(C)C)c(C(C)(C)C)c1. The largest absolute Gasteiger partial charge is 0.251 e. The van der Waals surface area contributed by atoms with E-state index in [0.717, 1.165) is 0 Å². The van der Waals surface area contributed by atoms with E-state index in [9.17, 15) is 0 Å². The second kappa shape index (κ2) is 9.12. The minimum Gasteiger partial charge on any atom is -0.0561 e. The highest BCUT2D eigenvalue weighted by Gasteiger charge is 2.39. The summed E-state index contributed by atoms with van der Waals surface area (Å²) in [6, 6.07) is 12.0. The molecule has 0 nitrogen and oxygen atoms in total. The molecular weight excluding hydrogens is 447 g/mol. The molecule has 0 aliphatic carbocycles. The molecule has 0 spiro atoms. The Balaban J connectivity index is 3.01. The van der Waals surface area contributed by atoms with E-state index in [1.165, 1.54) is 38.4 Å². The van der Waals surface area contributed by atoms with Gasteiger partial charge in [0.25, 0.3) is 6.70 Å². The molecule has 0 radical (unpaired) electrons. The molecule has 188 valence electrons. The van der Waals surface area contributed by atoms with E-state index >= 15 is 0 Å². The first-order valence-corrected chi connectivity index (χ1v) is 15.1. The van der Waals surface area contributed by atoms with E-state index in [-0.39, 0.29) is 27.1 Å².